The normalized spacial score (nSPS) is 32.5. The second kappa shape index (κ2) is 6.62. The highest BCUT2D eigenvalue weighted by atomic mass is 32.2. The van der Waals surface area contributed by atoms with E-state index >= 15 is 0 Å². The lowest BCUT2D eigenvalue weighted by Crippen LogP contribution is -2.61. The van der Waals surface area contributed by atoms with Crippen LogP contribution in [0.2, 0.25) is 0 Å². The maximum Gasteiger partial charge on any atom is 0.353 e. The maximum absolute atomic E-state index is 12.2. The lowest BCUT2D eigenvalue weighted by atomic mass is 9.83. The largest absolute Gasteiger partial charge is 0.477 e. The Bertz CT molecular complexity index is 648. The second-order valence-electron chi connectivity index (χ2n) is 6.99. The summed E-state index contributed by atoms with van der Waals surface area (Å²) >= 11 is 1.44. The third-order valence-corrected chi connectivity index (χ3v) is 6.37. The summed E-state index contributed by atoms with van der Waals surface area (Å²) in [6, 6.07) is -0.527. The number of hydrogen-bond acceptors (Lipinski definition) is 6. The molecule has 2 fully saturated rings. The Morgan fingerprint density at radius 3 is 2.64 bits per heavy atom. The maximum atomic E-state index is 12.2. The molecule has 25 heavy (non-hydrogen) atoms. The van der Waals surface area contributed by atoms with E-state index in [2.05, 4.69) is 5.32 Å². The lowest BCUT2D eigenvalue weighted by Gasteiger charge is -2.44. The highest BCUT2D eigenvalue weighted by molar-refractivity contribution is 8.03. The van der Waals surface area contributed by atoms with Crippen molar-refractivity contribution in [3.63, 3.8) is 0 Å². The number of aliphatic carboxylic acids is 1. The predicted molar refractivity (Wildman–Crippen MR) is 91.6 cm³/mol. The van der Waals surface area contributed by atoms with Crippen LogP contribution in [0.3, 0.4) is 0 Å². The molecule has 2 saturated heterocycles. The van der Waals surface area contributed by atoms with Crippen LogP contribution in [-0.4, -0.2) is 81.9 Å². The van der Waals surface area contributed by atoms with Crippen LogP contribution in [0.1, 0.15) is 19.8 Å². The molecule has 0 aromatic heterocycles. The molecule has 0 bridgehead atoms. The Morgan fingerprint density at radius 1 is 1.40 bits per heavy atom. The SMILES string of the molecule is C[C@@H](O)[C@H]1C(=O)N2C(C(=O)O)=C(S[C@@H]3CN[C@H](C(=O)N(C)C)C3)C[C@H]12. The van der Waals surface area contributed by atoms with E-state index in [0.29, 0.717) is 24.3 Å². The minimum Gasteiger partial charge on any atom is -0.477 e. The summed E-state index contributed by atoms with van der Waals surface area (Å²) < 4.78 is 0. The second-order valence-corrected chi connectivity index (χ2v) is 8.39. The molecule has 138 valence electrons. The van der Waals surface area contributed by atoms with E-state index in [4.69, 9.17) is 0 Å². The number of nitrogens with zero attached hydrogens (tertiary/aromatic N) is 2. The van der Waals surface area contributed by atoms with Gasteiger partial charge in [-0.2, -0.15) is 0 Å². The summed E-state index contributed by atoms with van der Waals surface area (Å²) in [5, 5.41) is 22.5. The molecule has 0 saturated carbocycles. The number of carboxylic acid groups (broad SMARTS) is 1. The number of thioether (sulfide) groups is 1. The van der Waals surface area contributed by atoms with Gasteiger partial charge in [0.1, 0.15) is 5.70 Å². The molecule has 3 heterocycles. The number of nitrogens with one attached hydrogen (secondary N) is 1. The van der Waals surface area contributed by atoms with Crippen molar-refractivity contribution < 1.29 is 24.6 Å². The van der Waals surface area contributed by atoms with Crippen LogP contribution in [-0.2, 0) is 14.4 Å². The van der Waals surface area contributed by atoms with E-state index in [1.54, 1.807) is 25.9 Å². The topological polar surface area (TPSA) is 110 Å². The van der Waals surface area contributed by atoms with Crippen LogP contribution < -0.4 is 5.32 Å². The molecule has 0 unspecified atom stereocenters. The van der Waals surface area contributed by atoms with E-state index in [1.165, 1.54) is 16.7 Å². The monoisotopic (exact) mass is 369 g/mol. The fourth-order valence-electron chi connectivity index (χ4n) is 3.83. The van der Waals surface area contributed by atoms with Crippen LogP contribution in [0.15, 0.2) is 10.6 Å². The summed E-state index contributed by atoms with van der Waals surface area (Å²) in [7, 11) is 3.42. The molecule has 8 nitrogen and oxygen atoms in total. The van der Waals surface area contributed by atoms with Gasteiger partial charge >= 0.3 is 5.97 Å². The first-order valence-electron chi connectivity index (χ1n) is 8.31. The number of β-lactam (4-membered cyclic amide) rings is 1. The standard InChI is InChI=1S/C16H23N3O5S/c1-7(20)12-10-5-11(13(16(23)24)19(10)15(12)22)25-8-4-9(17-6-8)14(21)18(2)3/h7-10,12,17,20H,4-6H2,1-3H3,(H,23,24)/t7-,8+,9+,10-,12-/m1/s1. The fourth-order valence-corrected chi connectivity index (χ4v) is 5.27. The van der Waals surface area contributed by atoms with E-state index in [9.17, 15) is 24.6 Å². The predicted octanol–water partition coefficient (Wildman–Crippen LogP) is -0.554. The van der Waals surface area contributed by atoms with Gasteiger partial charge in [-0.3, -0.25) is 9.59 Å². The van der Waals surface area contributed by atoms with Gasteiger partial charge in [0.05, 0.1) is 24.1 Å². The van der Waals surface area contributed by atoms with E-state index in [0.717, 1.165) is 0 Å². The zero-order valence-corrected chi connectivity index (χ0v) is 15.2. The van der Waals surface area contributed by atoms with Gasteiger partial charge in [-0.15, -0.1) is 11.8 Å². The molecule has 0 aromatic carbocycles. The van der Waals surface area contributed by atoms with Gasteiger partial charge in [0, 0.05) is 37.2 Å². The Labute approximate surface area is 150 Å². The van der Waals surface area contributed by atoms with Gasteiger partial charge in [0.15, 0.2) is 0 Å². The minimum absolute atomic E-state index is 0.00938. The number of aliphatic hydroxyl groups is 1. The molecular weight excluding hydrogens is 346 g/mol. The quantitative estimate of drug-likeness (QED) is 0.558. The highest BCUT2D eigenvalue weighted by Gasteiger charge is 2.57. The van der Waals surface area contributed by atoms with Crippen LogP contribution in [0.5, 0.6) is 0 Å². The van der Waals surface area contributed by atoms with E-state index < -0.39 is 18.0 Å². The number of likely N-dealkylation sites (N-methyl/N-ethyl adjacent to an activating group) is 1. The lowest BCUT2D eigenvalue weighted by molar-refractivity contribution is -0.161. The summed E-state index contributed by atoms with van der Waals surface area (Å²) in [4.78, 5) is 39.4. The third-order valence-electron chi connectivity index (χ3n) is 5.03. The number of rotatable bonds is 5. The van der Waals surface area contributed by atoms with Gasteiger partial charge in [-0.1, -0.05) is 0 Å². The smallest absolute Gasteiger partial charge is 0.353 e. The minimum atomic E-state index is -1.12. The first-order chi connectivity index (χ1) is 11.7. The van der Waals surface area contributed by atoms with Crippen molar-refractivity contribution in [1.82, 2.24) is 15.1 Å². The van der Waals surface area contributed by atoms with Crippen LogP contribution in [0, 0.1) is 5.92 Å². The van der Waals surface area contributed by atoms with Crippen molar-refractivity contribution in [3.05, 3.63) is 10.6 Å². The van der Waals surface area contributed by atoms with Gasteiger partial charge in [0.25, 0.3) is 0 Å². The van der Waals surface area contributed by atoms with Crippen molar-refractivity contribution >= 4 is 29.5 Å². The Balaban J connectivity index is 1.71. The molecule has 9 heteroatoms. The van der Waals surface area contributed by atoms with E-state index in [1.807, 2.05) is 0 Å². The molecule has 5 atom stereocenters. The summed E-state index contributed by atoms with van der Waals surface area (Å²) in [5.41, 5.74) is 0.0410. The first-order valence-corrected chi connectivity index (χ1v) is 9.19. The highest BCUT2D eigenvalue weighted by Crippen LogP contribution is 2.48. The average Bonchev–Trinajstić information content (AvgIpc) is 3.09. The van der Waals surface area contributed by atoms with Crippen LogP contribution in [0.4, 0.5) is 0 Å². The number of amides is 2. The molecule has 0 aromatic rings. The number of carboxylic acids is 1. The number of fused-ring (bicyclic) bond motifs is 1. The number of aliphatic hydroxyl groups excluding tert-OH is 1. The van der Waals surface area contributed by atoms with Crippen molar-refractivity contribution in [3.8, 4) is 0 Å². The molecule has 2 amide bonds. The van der Waals surface area contributed by atoms with Gasteiger partial charge in [-0.05, 0) is 13.3 Å². The Kier molecular flexibility index (Phi) is 4.82. The fraction of sp³-hybridized carbons (Fsp3) is 0.688. The zero-order chi connectivity index (χ0) is 18.5. The van der Waals surface area contributed by atoms with Gasteiger partial charge < -0.3 is 25.3 Å². The van der Waals surface area contributed by atoms with Crippen molar-refractivity contribution in [2.24, 2.45) is 5.92 Å². The van der Waals surface area contributed by atoms with Crippen molar-refractivity contribution in [2.45, 2.75) is 43.2 Å². The van der Waals surface area contributed by atoms with E-state index in [-0.39, 0.29) is 34.8 Å². The Morgan fingerprint density at radius 2 is 2.08 bits per heavy atom. The summed E-state index contributed by atoms with van der Waals surface area (Å²) in [6.07, 6.45) is 0.288. The Hall–Kier alpha value is -1.58. The summed E-state index contributed by atoms with van der Waals surface area (Å²) in [6.45, 7) is 2.17. The first kappa shape index (κ1) is 18.2. The molecular formula is C16H23N3O5S. The number of hydrogen-bond donors (Lipinski definition) is 3. The molecule has 0 radical (unpaired) electrons. The van der Waals surface area contributed by atoms with Gasteiger partial charge in [-0.25, -0.2) is 4.79 Å². The summed E-state index contributed by atoms with van der Waals surface area (Å²) in [5.74, 6) is -1.96. The number of carbonyl (C=O) groups is 3. The molecule has 3 aliphatic rings. The van der Waals surface area contributed by atoms with Crippen molar-refractivity contribution in [1.29, 1.82) is 0 Å². The molecule has 3 N–H and O–H groups in total. The van der Waals surface area contributed by atoms with Crippen LogP contribution in [0.25, 0.3) is 0 Å². The van der Waals surface area contributed by atoms with Crippen molar-refractivity contribution in [2.75, 3.05) is 20.6 Å². The number of carbonyl (C=O) groups excluding carboxylic acids is 2. The van der Waals surface area contributed by atoms with Gasteiger partial charge in [0.2, 0.25) is 11.8 Å². The average molecular weight is 369 g/mol. The zero-order valence-electron chi connectivity index (χ0n) is 14.4. The molecule has 0 spiro atoms. The van der Waals surface area contributed by atoms with Crippen LogP contribution >= 0.6 is 11.8 Å². The molecule has 0 aliphatic carbocycles. The molecule has 3 rings (SSSR count). The third kappa shape index (κ3) is 3.04. The molecule has 3 aliphatic heterocycles.